The molecule has 0 saturated heterocycles. The number of rotatable bonds is 0. The van der Waals surface area contributed by atoms with Gasteiger partial charge in [0.25, 0.3) is 0 Å². The van der Waals surface area contributed by atoms with Crippen molar-refractivity contribution in [2.24, 2.45) is 0 Å². The van der Waals surface area contributed by atoms with Gasteiger partial charge in [-0.1, -0.05) is 24.5 Å². The molecule has 0 spiro atoms. The van der Waals surface area contributed by atoms with Crippen molar-refractivity contribution in [3.8, 4) is 11.8 Å². The molecule has 1 saturated carbocycles. The van der Waals surface area contributed by atoms with Crippen LogP contribution in [0.25, 0.3) is 0 Å². The molecule has 1 aliphatic heterocycles. The van der Waals surface area contributed by atoms with E-state index in [0.717, 1.165) is 37.9 Å². The Morgan fingerprint density at radius 2 is 2.06 bits per heavy atom. The van der Waals surface area contributed by atoms with E-state index in [4.69, 9.17) is 0 Å². The average Bonchev–Trinajstić information content (AvgIpc) is 2.29. The molecule has 1 N–H and O–H groups in total. The summed E-state index contributed by atoms with van der Waals surface area (Å²) in [5.74, 6) is 6.10. The fraction of sp³-hybridized carbons (Fsp3) is 0.538. The molecule has 86 valence electrons. The molecule has 0 aromatic heterocycles. The summed E-state index contributed by atoms with van der Waals surface area (Å²) < 4.78 is 1.91. The van der Waals surface area contributed by atoms with Gasteiger partial charge in [-0.25, -0.2) is 0 Å². The molecule has 0 atom stereocenters. The number of hydrogen-bond donors (Lipinski definition) is 1. The van der Waals surface area contributed by atoms with E-state index in [1.165, 1.54) is 6.42 Å². The molecular formula is C13H16BrNO. The molecule has 2 rings (SSSR count). The third-order valence-corrected chi connectivity index (χ3v) is 3.69. The van der Waals surface area contributed by atoms with E-state index in [1.54, 1.807) is 0 Å². The lowest BCUT2D eigenvalue weighted by Crippen LogP contribution is -2.29. The monoisotopic (exact) mass is 281 g/mol. The van der Waals surface area contributed by atoms with Gasteiger partial charge in [-0.2, -0.15) is 0 Å². The van der Waals surface area contributed by atoms with Gasteiger partial charge in [-0.05, 0) is 37.7 Å². The minimum absolute atomic E-state index is 0.756. The standard InChI is InChI=1S/C13H16BrNO/c14-15-11-5-2-6-12(15)7-10-13(16)8-3-1-4-9-13/h2,5-6,16H,1,3-4,8-9,11H2. The lowest BCUT2D eigenvalue weighted by Gasteiger charge is -2.26. The van der Waals surface area contributed by atoms with Gasteiger partial charge in [0.2, 0.25) is 0 Å². The van der Waals surface area contributed by atoms with E-state index in [9.17, 15) is 5.11 Å². The molecule has 16 heavy (non-hydrogen) atoms. The maximum absolute atomic E-state index is 10.2. The number of allylic oxidation sites excluding steroid dienone is 3. The first kappa shape index (κ1) is 11.8. The number of halogens is 1. The molecule has 0 amide bonds. The van der Waals surface area contributed by atoms with Gasteiger partial charge < -0.3 is 5.11 Å². The first-order valence-corrected chi connectivity index (χ1v) is 6.46. The molecule has 1 heterocycles. The van der Waals surface area contributed by atoms with E-state index >= 15 is 0 Å². The van der Waals surface area contributed by atoms with Crippen LogP contribution in [0.3, 0.4) is 0 Å². The van der Waals surface area contributed by atoms with Crippen LogP contribution in [0.1, 0.15) is 32.1 Å². The Hall–Kier alpha value is -0.720. The van der Waals surface area contributed by atoms with Crippen molar-refractivity contribution in [1.29, 1.82) is 0 Å². The van der Waals surface area contributed by atoms with Gasteiger partial charge in [-0.15, -0.1) is 0 Å². The third kappa shape index (κ3) is 2.90. The van der Waals surface area contributed by atoms with Crippen LogP contribution in [0.4, 0.5) is 0 Å². The first-order chi connectivity index (χ1) is 7.70. The summed E-state index contributed by atoms with van der Waals surface area (Å²) in [6.07, 6.45) is 11.0. The Morgan fingerprint density at radius 1 is 1.31 bits per heavy atom. The summed E-state index contributed by atoms with van der Waals surface area (Å²) in [6.45, 7) is 0.818. The summed E-state index contributed by atoms with van der Waals surface area (Å²) in [5, 5.41) is 10.2. The highest BCUT2D eigenvalue weighted by molar-refractivity contribution is 9.07. The highest BCUT2D eigenvalue weighted by atomic mass is 79.9. The zero-order chi connectivity index (χ0) is 11.4. The average molecular weight is 282 g/mol. The zero-order valence-electron chi connectivity index (χ0n) is 9.25. The predicted molar refractivity (Wildman–Crippen MR) is 68.7 cm³/mol. The quantitative estimate of drug-likeness (QED) is 0.545. The lowest BCUT2D eigenvalue weighted by molar-refractivity contribution is 0.0610. The highest BCUT2D eigenvalue weighted by Crippen LogP contribution is 2.27. The zero-order valence-corrected chi connectivity index (χ0v) is 10.8. The van der Waals surface area contributed by atoms with Gasteiger partial charge in [-0.3, -0.25) is 3.93 Å². The van der Waals surface area contributed by atoms with Crippen molar-refractivity contribution < 1.29 is 5.11 Å². The Bertz CT molecular complexity index is 369. The largest absolute Gasteiger partial charge is 0.378 e. The van der Waals surface area contributed by atoms with Crippen molar-refractivity contribution in [1.82, 2.24) is 3.93 Å². The molecule has 0 aromatic rings. The van der Waals surface area contributed by atoms with Crippen LogP contribution in [0, 0.1) is 11.8 Å². The fourth-order valence-corrected chi connectivity index (χ4v) is 2.41. The third-order valence-electron chi connectivity index (χ3n) is 3.02. The highest BCUT2D eigenvalue weighted by Gasteiger charge is 2.26. The Labute approximate surface area is 105 Å². The minimum Gasteiger partial charge on any atom is -0.378 e. The van der Waals surface area contributed by atoms with E-state index in [1.807, 2.05) is 16.1 Å². The number of aliphatic hydroxyl groups is 1. The molecule has 0 unspecified atom stereocenters. The van der Waals surface area contributed by atoms with Crippen LogP contribution in [0.5, 0.6) is 0 Å². The van der Waals surface area contributed by atoms with E-state index in [2.05, 4.69) is 34.1 Å². The van der Waals surface area contributed by atoms with E-state index in [0.29, 0.717) is 0 Å². The Morgan fingerprint density at radius 3 is 2.75 bits per heavy atom. The van der Waals surface area contributed by atoms with Crippen molar-refractivity contribution in [3.63, 3.8) is 0 Å². The van der Waals surface area contributed by atoms with Gasteiger partial charge in [0, 0.05) is 6.54 Å². The van der Waals surface area contributed by atoms with Crippen LogP contribution < -0.4 is 0 Å². The molecule has 0 bridgehead atoms. The van der Waals surface area contributed by atoms with Crippen molar-refractivity contribution >= 4 is 16.1 Å². The van der Waals surface area contributed by atoms with Crippen LogP contribution in [0.15, 0.2) is 23.9 Å². The molecule has 0 aromatic carbocycles. The minimum atomic E-state index is -0.756. The molecule has 2 nitrogen and oxygen atoms in total. The van der Waals surface area contributed by atoms with Gasteiger partial charge in [0.05, 0.1) is 21.8 Å². The molecule has 1 aliphatic carbocycles. The maximum atomic E-state index is 10.2. The first-order valence-electron chi connectivity index (χ1n) is 5.75. The molecular weight excluding hydrogens is 266 g/mol. The second-order valence-electron chi connectivity index (χ2n) is 4.37. The van der Waals surface area contributed by atoms with E-state index in [-0.39, 0.29) is 0 Å². The lowest BCUT2D eigenvalue weighted by atomic mass is 9.85. The van der Waals surface area contributed by atoms with Crippen molar-refractivity contribution in [3.05, 3.63) is 23.9 Å². The normalized spacial score (nSPS) is 23.4. The number of nitrogens with zero attached hydrogens (tertiary/aromatic N) is 1. The van der Waals surface area contributed by atoms with E-state index < -0.39 is 5.60 Å². The van der Waals surface area contributed by atoms with Crippen molar-refractivity contribution in [2.75, 3.05) is 6.54 Å². The SMILES string of the molecule is OC1(C#CC2=CC=CCN2Br)CCCCC1. The number of hydrogen-bond acceptors (Lipinski definition) is 2. The summed E-state index contributed by atoms with van der Waals surface area (Å²) in [5.41, 5.74) is 0.162. The van der Waals surface area contributed by atoms with Crippen LogP contribution in [-0.4, -0.2) is 21.2 Å². The Balaban J connectivity index is 2.08. The summed E-state index contributed by atoms with van der Waals surface area (Å²) in [6, 6.07) is 0. The molecule has 3 heteroatoms. The smallest absolute Gasteiger partial charge is 0.125 e. The van der Waals surface area contributed by atoms with Gasteiger partial charge >= 0.3 is 0 Å². The molecule has 0 radical (unpaired) electrons. The maximum Gasteiger partial charge on any atom is 0.125 e. The molecule has 1 fully saturated rings. The van der Waals surface area contributed by atoms with Crippen molar-refractivity contribution in [2.45, 2.75) is 37.7 Å². The van der Waals surface area contributed by atoms with Crippen LogP contribution >= 0.6 is 16.1 Å². The van der Waals surface area contributed by atoms with Gasteiger partial charge in [0.15, 0.2) is 0 Å². The predicted octanol–water partition coefficient (Wildman–Crippen LogP) is 2.75. The second kappa shape index (κ2) is 5.07. The summed E-state index contributed by atoms with van der Waals surface area (Å²) in [7, 11) is 0. The molecule has 2 aliphatic rings. The summed E-state index contributed by atoms with van der Waals surface area (Å²) in [4.78, 5) is 0. The Kier molecular flexibility index (Phi) is 3.73. The fourth-order valence-electron chi connectivity index (χ4n) is 2.04. The van der Waals surface area contributed by atoms with Crippen LogP contribution in [-0.2, 0) is 0 Å². The summed E-state index contributed by atoms with van der Waals surface area (Å²) >= 11 is 3.43. The van der Waals surface area contributed by atoms with Crippen LogP contribution in [0.2, 0.25) is 0 Å². The topological polar surface area (TPSA) is 23.5 Å². The van der Waals surface area contributed by atoms with Gasteiger partial charge in [0.1, 0.15) is 5.60 Å². The second-order valence-corrected chi connectivity index (χ2v) is 5.22.